The fourth-order valence-electron chi connectivity index (χ4n) is 4.26. The summed E-state index contributed by atoms with van der Waals surface area (Å²) >= 11 is 0. The molecule has 0 N–H and O–H groups in total. The van der Waals surface area contributed by atoms with Gasteiger partial charge in [0, 0.05) is 12.1 Å². The van der Waals surface area contributed by atoms with Gasteiger partial charge in [0.25, 0.3) is 5.91 Å². The molecule has 7 heteroatoms. The molecule has 1 amide bonds. The quantitative estimate of drug-likeness (QED) is 0.718. The second-order valence-corrected chi connectivity index (χ2v) is 9.98. The van der Waals surface area contributed by atoms with Gasteiger partial charge in [0.1, 0.15) is 0 Å². The summed E-state index contributed by atoms with van der Waals surface area (Å²) in [5, 5.41) is 0. The molecule has 2 fully saturated rings. The van der Waals surface area contributed by atoms with Crippen molar-refractivity contribution in [3.8, 4) is 0 Å². The van der Waals surface area contributed by atoms with Gasteiger partial charge in [-0.3, -0.25) is 4.79 Å². The van der Waals surface area contributed by atoms with Crippen LogP contribution in [0.1, 0.15) is 53.6 Å². The Bertz CT molecular complexity index is 807. The predicted molar refractivity (Wildman–Crippen MR) is 102 cm³/mol. The minimum atomic E-state index is -3.09. The molecule has 1 atom stereocenters. The number of benzene rings is 1. The first-order valence-electron chi connectivity index (χ1n) is 9.52. The molecular weight excluding hydrogens is 366 g/mol. The molecule has 0 radical (unpaired) electrons. The first kappa shape index (κ1) is 19.9. The van der Waals surface area contributed by atoms with Gasteiger partial charge in [0.05, 0.1) is 17.1 Å². The van der Waals surface area contributed by atoms with Crippen LogP contribution in [-0.4, -0.2) is 55.4 Å². The second kappa shape index (κ2) is 8.00. The molecule has 1 aliphatic heterocycles. The number of hydrogen-bond acceptors (Lipinski definition) is 5. The van der Waals surface area contributed by atoms with E-state index in [1.807, 2.05) is 19.9 Å². The van der Waals surface area contributed by atoms with Crippen LogP contribution in [0, 0.1) is 13.8 Å². The third-order valence-corrected chi connectivity index (χ3v) is 7.14. The smallest absolute Gasteiger partial charge is 0.338 e. The first-order chi connectivity index (χ1) is 12.7. The van der Waals surface area contributed by atoms with Gasteiger partial charge >= 0.3 is 5.97 Å². The number of carbonyl (C=O) groups is 2. The van der Waals surface area contributed by atoms with Gasteiger partial charge in [-0.2, -0.15) is 0 Å². The number of nitrogens with zero attached hydrogens (tertiary/aromatic N) is 1. The maximum absolute atomic E-state index is 12.9. The summed E-state index contributed by atoms with van der Waals surface area (Å²) in [6.45, 7) is 3.45. The Morgan fingerprint density at radius 1 is 1.04 bits per heavy atom. The standard InChI is InChI=1S/C20H27NO5S/c1-14-9-15(2)11-16(10-14)20(23)26-12-19(22)21(17-5-3-4-6-17)18-7-8-27(24,25)13-18/h9-11,17-18H,3-8,12-13H2,1-2H3/t18-/m0/s1. The van der Waals surface area contributed by atoms with Gasteiger partial charge in [0.2, 0.25) is 0 Å². The van der Waals surface area contributed by atoms with Crippen LogP contribution >= 0.6 is 0 Å². The average molecular weight is 394 g/mol. The number of amides is 1. The third-order valence-electron chi connectivity index (χ3n) is 5.39. The minimum Gasteiger partial charge on any atom is -0.452 e. The maximum atomic E-state index is 12.9. The highest BCUT2D eigenvalue weighted by molar-refractivity contribution is 7.91. The van der Waals surface area contributed by atoms with Crippen molar-refractivity contribution in [1.29, 1.82) is 0 Å². The maximum Gasteiger partial charge on any atom is 0.338 e. The van der Waals surface area contributed by atoms with Gasteiger partial charge in [-0.25, -0.2) is 13.2 Å². The predicted octanol–water partition coefficient (Wildman–Crippen LogP) is 2.42. The highest BCUT2D eigenvalue weighted by Gasteiger charge is 2.39. The number of ether oxygens (including phenoxy) is 1. The van der Waals surface area contributed by atoms with Gasteiger partial charge in [-0.1, -0.05) is 30.0 Å². The average Bonchev–Trinajstić information content (AvgIpc) is 3.22. The second-order valence-electron chi connectivity index (χ2n) is 7.75. The molecule has 1 saturated carbocycles. The van der Waals surface area contributed by atoms with E-state index in [1.54, 1.807) is 17.0 Å². The van der Waals surface area contributed by atoms with E-state index in [9.17, 15) is 18.0 Å². The van der Waals surface area contributed by atoms with Gasteiger partial charge in [-0.05, 0) is 45.2 Å². The number of rotatable bonds is 5. The number of hydrogen-bond donors (Lipinski definition) is 0. The molecule has 0 spiro atoms. The zero-order chi connectivity index (χ0) is 19.6. The minimum absolute atomic E-state index is 0.0141. The van der Waals surface area contributed by atoms with E-state index >= 15 is 0 Å². The van der Waals surface area contributed by atoms with Crippen LogP contribution in [0.2, 0.25) is 0 Å². The van der Waals surface area contributed by atoms with Crippen molar-refractivity contribution in [2.75, 3.05) is 18.1 Å². The van der Waals surface area contributed by atoms with E-state index in [4.69, 9.17) is 4.74 Å². The lowest BCUT2D eigenvalue weighted by atomic mass is 10.1. The molecule has 1 saturated heterocycles. The van der Waals surface area contributed by atoms with Crippen LogP contribution in [0.5, 0.6) is 0 Å². The highest BCUT2D eigenvalue weighted by atomic mass is 32.2. The van der Waals surface area contributed by atoms with Crippen molar-refractivity contribution in [2.45, 2.75) is 58.0 Å². The number of sulfone groups is 1. The van der Waals surface area contributed by atoms with E-state index in [0.29, 0.717) is 12.0 Å². The van der Waals surface area contributed by atoms with E-state index < -0.39 is 15.8 Å². The van der Waals surface area contributed by atoms with Crippen molar-refractivity contribution in [2.24, 2.45) is 0 Å². The lowest BCUT2D eigenvalue weighted by Gasteiger charge is -2.33. The summed E-state index contributed by atoms with van der Waals surface area (Å²) in [6, 6.07) is 5.18. The molecule has 1 aromatic carbocycles. The van der Waals surface area contributed by atoms with Gasteiger partial charge in [0.15, 0.2) is 16.4 Å². The number of esters is 1. The highest BCUT2D eigenvalue weighted by Crippen LogP contribution is 2.29. The fourth-order valence-corrected chi connectivity index (χ4v) is 5.97. The molecule has 0 aromatic heterocycles. The summed E-state index contributed by atoms with van der Waals surface area (Å²) in [5.41, 5.74) is 2.34. The molecule has 0 unspecified atom stereocenters. The fraction of sp³-hybridized carbons (Fsp3) is 0.600. The van der Waals surface area contributed by atoms with Crippen molar-refractivity contribution in [3.05, 3.63) is 34.9 Å². The zero-order valence-electron chi connectivity index (χ0n) is 15.9. The van der Waals surface area contributed by atoms with Crippen LogP contribution in [0.15, 0.2) is 18.2 Å². The SMILES string of the molecule is Cc1cc(C)cc(C(=O)OCC(=O)N(C2CCCC2)[C@H]2CCS(=O)(=O)C2)c1. The third kappa shape index (κ3) is 4.89. The number of aryl methyl sites for hydroxylation is 2. The first-order valence-corrected chi connectivity index (χ1v) is 11.3. The molecule has 148 valence electrons. The van der Waals surface area contributed by atoms with E-state index in [1.165, 1.54) is 0 Å². The van der Waals surface area contributed by atoms with Crippen molar-refractivity contribution in [3.63, 3.8) is 0 Å². The Balaban J connectivity index is 1.68. The Kier molecular flexibility index (Phi) is 5.89. The molecule has 27 heavy (non-hydrogen) atoms. The Hall–Kier alpha value is -1.89. The number of carbonyl (C=O) groups excluding carboxylic acids is 2. The topological polar surface area (TPSA) is 80.8 Å². The summed E-state index contributed by atoms with van der Waals surface area (Å²) in [6.07, 6.45) is 4.31. The molecular formula is C20H27NO5S. The molecule has 1 aliphatic carbocycles. The largest absolute Gasteiger partial charge is 0.452 e. The van der Waals surface area contributed by atoms with E-state index in [2.05, 4.69) is 0 Å². The van der Waals surface area contributed by atoms with Crippen molar-refractivity contribution >= 4 is 21.7 Å². The molecule has 0 bridgehead atoms. The van der Waals surface area contributed by atoms with Crippen LogP contribution in [0.25, 0.3) is 0 Å². The van der Waals surface area contributed by atoms with Crippen molar-refractivity contribution < 1.29 is 22.7 Å². The van der Waals surface area contributed by atoms with E-state index in [0.717, 1.165) is 36.8 Å². The van der Waals surface area contributed by atoms with E-state index in [-0.39, 0.29) is 36.1 Å². The Labute approximate surface area is 160 Å². The summed E-state index contributed by atoms with van der Waals surface area (Å²) < 4.78 is 29.0. The molecule has 6 nitrogen and oxygen atoms in total. The zero-order valence-corrected chi connectivity index (χ0v) is 16.8. The summed E-state index contributed by atoms with van der Waals surface area (Å²) in [7, 11) is -3.09. The van der Waals surface area contributed by atoms with Crippen LogP contribution in [0.3, 0.4) is 0 Å². The van der Waals surface area contributed by atoms with Crippen LogP contribution in [0.4, 0.5) is 0 Å². The van der Waals surface area contributed by atoms with Crippen molar-refractivity contribution in [1.82, 2.24) is 4.90 Å². The summed E-state index contributed by atoms with van der Waals surface area (Å²) in [4.78, 5) is 26.9. The lowest BCUT2D eigenvalue weighted by Crippen LogP contribution is -2.48. The molecule has 1 aromatic rings. The van der Waals surface area contributed by atoms with Crippen LogP contribution in [-0.2, 0) is 19.4 Å². The summed E-state index contributed by atoms with van der Waals surface area (Å²) in [5.74, 6) is -0.682. The van der Waals surface area contributed by atoms with Crippen LogP contribution < -0.4 is 0 Å². The molecule has 1 heterocycles. The molecule has 2 aliphatic rings. The normalized spacial score (nSPS) is 21.9. The Morgan fingerprint density at radius 3 is 2.22 bits per heavy atom. The Morgan fingerprint density at radius 2 is 1.67 bits per heavy atom. The monoisotopic (exact) mass is 393 g/mol. The van der Waals surface area contributed by atoms with Gasteiger partial charge in [-0.15, -0.1) is 0 Å². The lowest BCUT2D eigenvalue weighted by molar-refractivity contribution is -0.139. The van der Waals surface area contributed by atoms with Gasteiger partial charge < -0.3 is 9.64 Å². The molecule has 3 rings (SSSR count).